The molecule has 1 heterocycles. The summed E-state index contributed by atoms with van der Waals surface area (Å²) in [5, 5.41) is 7.97. The van der Waals surface area contributed by atoms with E-state index in [0.29, 0.717) is 37.1 Å². The molecule has 2 aromatic carbocycles. The van der Waals surface area contributed by atoms with Gasteiger partial charge in [-0.15, -0.1) is 0 Å². The lowest BCUT2D eigenvalue weighted by molar-refractivity contribution is 0.0730. The lowest BCUT2D eigenvalue weighted by Gasteiger charge is -2.26. The van der Waals surface area contributed by atoms with E-state index in [1.165, 1.54) is 15.4 Å². The third-order valence-corrected chi connectivity index (χ3v) is 7.56. The molecule has 0 radical (unpaired) electrons. The zero-order valence-corrected chi connectivity index (χ0v) is 18.8. The van der Waals surface area contributed by atoms with Gasteiger partial charge in [-0.05, 0) is 67.7 Å². The van der Waals surface area contributed by atoms with Crippen LogP contribution < -0.4 is 10.7 Å². The van der Waals surface area contributed by atoms with Crippen LogP contribution in [-0.4, -0.2) is 49.9 Å². The fraction of sp³-hybridized carbons (Fsp3) is 0.364. The number of aryl methyl sites for hydroxylation is 1. The zero-order valence-electron chi connectivity index (χ0n) is 17.2. The van der Waals surface area contributed by atoms with Crippen LogP contribution in [0.25, 0.3) is 0 Å². The standard InChI is InChI=1S/C22H26N4O3S2/c27-31(28,26-13-15-29-16-14-26)19-11-9-18(10-12-19)23-22(30)25-24-21-8-4-2-6-17-5-1-3-7-20(17)21/h1,3,5,7,9-12H,2,4,6,8,13-16H2,(H2,23,25,30)/b24-21+. The third kappa shape index (κ3) is 5.30. The maximum Gasteiger partial charge on any atom is 0.243 e. The van der Waals surface area contributed by atoms with Crippen LogP contribution in [0.2, 0.25) is 0 Å². The Labute approximate surface area is 188 Å². The van der Waals surface area contributed by atoms with Gasteiger partial charge >= 0.3 is 0 Å². The molecule has 2 N–H and O–H groups in total. The van der Waals surface area contributed by atoms with Gasteiger partial charge in [-0.2, -0.15) is 9.41 Å². The summed E-state index contributed by atoms with van der Waals surface area (Å²) in [7, 11) is -3.51. The Morgan fingerprint density at radius 2 is 1.71 bits per heavy atom. The second-order valence-electron chi connectivity index (χ2n) is 7.53. The zero-order chi connectivity index (χ0) is 21.7. The van der Waals surface area contributed by atoms with Gasteiger partial charge in [0.05, 0.1) is 23.8 Å². The molecule has 2 aromatic rings. The van der Waals surface area contributed by atoms with Crippen LogP contribution >= 0.6 is 12.2 Å². The molecule has 7 nitrogen and oxygen atoms in total. The molecule has 0 saturated carbocycles. The maximum absolute atomic E-state index is 12.7. The average molecular weight is 459 g/mol. The molecule has 0 aromatic heterocycles. The van der Waals surface area contributed by atoms with E-state index in [-0.39, 0.29) is 4.90 Å². The van der Waals surface area contributed by atoms with Crippen molar-refractivity contribution in [3.8, 4) is 0 Å². The second kappa shape index (κ2) is 9.86. The molecular formula is C22H26N4O3S2. The first-order chi connectivity index (χ1) is 15.0. The van der Waals surface area contributed by atoms with Gasteiger partial charge in [-0.25, -0.2) is 8.42 Å². The predicted molar refractivity (Wildman–Crippen MR) is 126 cm³/mol. The number of ether oxygens (including phenoxy) is 1. The maximum atomic E-state index is 12.7. The molecule has 0 amide bonds. The first kappa shape index (κ1) is 21.9. The number of rotatable bonds is 4. The highest BCUT2D eigenvalue weighted by Gasteiger charge is 2.26. The molecular weight excluding hydrogens is 432 g/mol. The smallest absolute Gasteiger partial charge is 0.243 e. The van der Waals surface area contributed by atoms with Crippen molar-refractivity contribution in [3.05, 3.63) is 59.7 Å². The summed E-state index contributed by atoms with van der Waals surface area (Å²) in [5.41, 5.74) is 7.12. The number of hydrogen-bond acceptors (Lipinski definition) is 5. The summed E-state index contributed by atoms with van der Waals surface area (Å²) in [4.78, 5) is 0.258. The average Bonchev–Trinajstić information content (AvgIpc) is 3.01. The Morgan fingerprint density at radius 1 is 1.00 bits per heavy atom. The van der Waals surface area contributed by atoms with Crippen LogP contribution in [0.3, 0.4) is 0 Å². The largest absolute Gasteiger partial charge is 0.379 e. The molecule has 1 aliphatic heterocycles. The minimum Gasteiger partial charge on any atom is -0.379 e. The van der Waals surface area contributed by atoms with Crippen molar-refractivity contribution in [2.75, 3.05) is 31.6 Å². The van der Waals surface area contributed by atoms with Crippen molar-refractivity contribution in [1.29, 1.82) is 0 Å². The van der Waals surface area contributed by atoms with Gasteiger partial charge in [0.25, 0.3) is 0 Å². The highest BCUT2D eigenvalue weighted by molar-refractivity contribution is 7.89. The Kier molecular flexibility index (Phi) is 6.96. The fourth-order valence-corrected chi connectivity index (χ4v) is 5.37. The Balaban J connectivity index is 1.40. The van der Waals surface area contributed by atoms with Crippen LogP contribution in [0.5, 0.6) is 0 Å². The molecule has 1 fully saturated rings. The molecule has 0 bridgehead atoms. The third-order valence-electron chi connectivity index (χ3n) is 5.45. The molecule has 164 valence electrons. The molecule has 1 saturated heterocycles. The van der Waals surface area contributed by atoms with Gasteiger partial charge in [-0.1, -0.05) is 24.3 Å². The normalized spacial score (nSPS) is 18.8. The number of hydrogen-bond donors (Lipinski definition) is 2. The summed E-state index contributed by atoms with van der Waals surface area (Å²) in [6.07, 6.45) is 4.21. The van der Waals surface area contributed by atoms with Crippen LogP contribution in [0.15, 0.2) is 58.5 Å². The topological polar surface area (TPSA) is 83.0 Å². The van der Waals surface area contributed by atoms with Gasteiger partial charge in [0, 0.05) is 24.3 Å². The van der Waals surface area contributed by atoms with Gasteiger partial charge in [0.2, 0.25) is 10.0 Å². The van der Waals surface area contributed by atoms with Crippen LogP contribution in [0.1, 0.15) is 30.4 Å². The van der Waals surface area contributed by atoms with Crippen molar-refractivity contribution in [1.82, 2.24) is 9.73 Å². The second-order valence-corrected chi connectivity index (χ2v) is 9.88. The van der Waals surface area contributed by atoms with Gasteiger partial charge in [-0.3, -0.25) is 5.43 Å². The summed E-state index contributed by atoms with van der Waals surface area (Å²) in [5.74, 6) is 0. The van der Waals surface area contributed by atoms with E-state index in [0.717, 1.165) is 31.4 Å². The van der Waals surface area contributed by atoms with E-state index in [9.17, 15) is 8.42 Å². The number of fused-ring (bicyclic) bond motifs is 1. The number of nitrogens with zero attached hydrogens (tertiary/aromatic N) is 2. The number of sulfonamides is 1. The summed E-state index contributed by atoms with van der Waals surface area (Å²) in [6.45, 7) is 1.59. The van der Waals surface area contributed by atoms with Gasteiger partial charge in [0.15, 0.2) is 5.11 Å². The van der Waals surface area contributed by atoms with Crippen LogP contribution in [-0.2, 0) is 21.2 Å². The molecule has 4 rings (SSSR count). The van der Waals surface area contributed by atoms with Crippen molar-refractivity contribution < 1.29 is 13.2 Å². The summed E-state index contributed by atoms with van der Waals surface area (Å²) < 4.78 is 32.1. The lowest BCUT2D eigenvalue weighted by atomic mass is 10.0. The van der Waals surface area contributed by atoms with E-state index < -0.39 is 10.0 Å². The van der Waals surface area contributed by atoms with E-state index >= 15 is 0 Å². The number of benzene rings is 2. The Bertz CT molecular complexity index is 1060. The highest BCUT2D eigenvalue weighted by atomic mass is 32.2. The number of nitrogens with one attached hydrogen (secondary N) is 2. The monoisotopic (exact) mass is 458 g/mol. The lowest BCUT2D eigenvalue weighted by Crippen LogP contribution is -2.40. The first-order valence-electron chi connectivity index (χ1n) is 10.4. The predicted octanol–water partition coefficient (Wildman–Crippen LogP) is 3.12. The molecule has 0 atom stereocenters. The van der Waals surface area contributed by atoms with Crippen molar-refractivity contribution in [2.24, 2.45) is 5.10 Å². The minimum atomic E-state index is -3.51. The minimum absolute atomic E-state index is 0.258. The van der Waals surface area contributed by atoms with Gasteiger partial charge < -0.3 is 10.1 Å². The van der Waals surface area contributed by atoms with Gasteiger partial charge in [0.1, 0.15) is 0 Å². The number of thiocarbonyl (C=S) groups is 1. The van der Waals surface area contributed by atoms with Crippen molar-refractivity contribution in [3.63, 3.8) is 0 Å². The quantitative estimate of drug-likeness (QED) is 0.416. The SMILES string of the molecule is O=S(=O)(c1ccc(NC(=S)N/N=C2\CCCCc3ccccc32)cc1)N1CCOCC1. The van der Waals surface area contributed by atoms with Crippen LogP contribution in [0, 0.1) is 0 Å². The Hall–Kier alpha value is -2.33. The van der Waals surface area contributed by atoms with E-state index in [4.69, 9.17) is 17.0 Å². The molecule has 0 spiro atoms. The molecule has 9 heteroatoms. The van der Waals surface area contributed by atoms with E-state index in [1.807, 2.05) is 6.07 Å². The summed E-state index contributed by atoms with van der Waals surface area (Å²) in [6, 6.07) is 14.9. The van der Waals surface area contributed by atoms with E-state index in [2.05, 4.69) is 34.0 Å². The number of anilines is 1. The van der Waals surface area contributed by atoms with Crippen molar-refractivity contribution in [2.45, 2.75) is 30.6 Å². The highest BCUT2D eigenvalue weighted by Crippen LogP contribution is 2.21. The Morgan fingerprint density at radius 3 is 2.48 bits per heavy atom. The number of hydrazone groups is 1. The summed E-state index contributed by atoms with van der Waals surface area (Å²) >= 11 is 5.38. The molecule has 2 aliphatic rings. The number of morpholine rings is 1. The van der Waals surface area contributed by atoms with E-state index in [1.54, 1.807) is 24.3 Å². The van der Waals surface area contributed by atoms with Crippen LogP contribution in [0.4, 0.5) is 5.69 Å². The molecule has 31 heavy (non-hydrogen) atoms. The fourth-order valence-electron chi connectivity index (χ4n) is 3.80. The molecule has 0 unspecified atom stereocenters. The van der Waals surface area contributed by atoms with Crippen molar-refractivity contribution >= 4 is 38.8 Å². The first-order valence-corrected chi connectivity index (χ1v) is 12.3. The molecule has 1 aliphatic carbocycles.